The molecule has 4 N–H and O–H groups in total. The molecule has 1 aromatic rings. The van der Waals surface area contributed by atoms with Crippen LogP contribution in [0.4, 0.5) is 5.69 Å². The molecule has 0 atom stereocenters. The van der Waals surface area contributed by atoms with Crippen LogP contribution < -0.4 is 11.5 Å². The molecule has 6 nitrogen and oxygen atoms in total. The van der Waals surface area contributed by atoms with E-state index in [9.17, 15) is 14.4 Å². The molecule has 0 radical (unpaired) electrons. The Kier molecular flexibility index (Phi) is 8.44. The van der Waals surface area contributed by atoms with Crippen LogP contribution >= 0.6 is 0 Å². The molecular weight excluding hydrogens is 248 g/mol. The monoisotopic (exact) mass is 266 g/mol. The predicted molar refractivity (Wildman–Crippen MR) is 70.9 cm³/mol. The fourth-order valence-electron chi connectivity index (χ4n) is 1.09. The average Bonchev–Trinajstić information content (AvgIpc) is 2.39. The SMILES string of the molecule is COC(=O)C(=O)CCCC(N)=O.Nc1ccccc1. The van der Waals surface area contributed by atoms with Gasteiger partial charge in [-0.25, -0.2) is 4.79 Å². The number of para-hydroxylation sites is 1. The highest BCUT2D eigenvalue weighted by atomic mass is 16.5. The Balaban J connectivity index is 0.000000388. The molecule has 1 rings (SSSR count). The molecular formula is C13H18N2O4. The van der Waals surface area contributed by atoms with Crippen molar-refractivity contribution in [2.24, 2.45) is 5.73 Å². The van der Waals surface area contributed by atoms with Crippen LogP contribution in [-0.2, 0) is 19.1 Å². The van der Waals surface area contributed by atoms with Crippen molar-refractivity contribution >= 4 is 23.3 Å². The summed E-state index contributed by atoms with van der Waals surface area (Å²) in [4.78, 5) is 31.4. The molecule has 0 aliphatic heterocycles. The maximum Gasteiger partial charge on any atom is 0.374 e. The number of nitrogen functional groups attached to an aromatic ring is 1. The van der Waals surface area contributed by atoms with Gasteiger partial charge in [-0.1, -0.05) is 18.2 Å². The van der Waals surface area contributed by atoms with Crippen molar-refractivity contribution in [1.82, 2.24) is 0 Å². The van der Waals surface area contributed by atoms with Gasteiger partial charge >= 0.3 is 5.97 Å². The Morgan fingerprint density at radius 2 is 1.68 bits per heavy atom. The number of anilines is 1. The summed E-state index contributed by atoms with van der Waals surface area (Å²) in [6, 6.07) is 9.49. The molecule has 6 heteroatoms. The molecule has 0 unspecified atom stereocenters. The highest BCUT2D eigenvalue weighted by molar-refractivity contribution is 6.33. The molecule has 0 spiro atoms. The summed E-state index contributed by atoms with van der Waals surface area (Å²) in [7, 11) is 1.13. The number of hydrogen-bond acceptors (Lipinski definition) is 5. The standard InChI is InChI=1S/C7H11NO4.C6H7N/c1-12-7(11)5(9)3-2-4-6(8)10;7-6-4-2-1-3-5-6/h2-4H2,1H3,(H2,8,10);1-5H,7H2. The smallest absolute Gasteiger partial charge is 0.374 e. The van der Waals surface area contributed by atoms with Crippen LogP contribution in [0.5, 0.6) is 0 Å². The minimum Gasteiger partial charge on any atom is -0.463 e. The highest BCUT2D eigenvalue weighted by Crippen LogP contribution is 1.97. The van der Waals surface area contributed by atoms with Crippen molar-refractivity contribution in [1.29, 1.82) is 0 Å². The van der Waals surface area contributed by atoms with E-state index in [2.05, 4.69) is 4.74 Å². The summed E-state index contributed by atoms with van der Waals surface area (Å²) >= 11 is 0. The number of rotatable bonds is 5. The third-order valence-corrected chi connectivity index (χ3v) is 2.04. The Bertz CT molecular complexity index is 418. The molecule has 0 aliphatic rings. The van der Waals surface area contributed by atoms with Gasteiger partial charge in [-0.2, -0.15) is 0 Å². The number of nitrogens with two attached hydrogens (primary N) is 2. The Hall–Kier alpha value is -2.37. The number of methoxy groups -OCH3 is 1. The van der Waals surface area contributed by atoms with Gasteiger partial charge in [-0.3, -0.25) is 9.59 Å². The van der Waals surface area contributed by atoms with E-state index in [0.29, 0.717) is 6.42 Å². The van der Waals surface area contributed by atoms with E-state index in [1.807, 2.05) is 30.3 Å². The minimum atomic E-state index is -0.875. The molecule has 0 fully saturated rings. The molecule has 1 aromatic carbocycles. The number of ketones is 1. The number of carbonyl (C=O) groups excluding carboxylic acids is 3. The fraction of sp³-hybridized carbons (Fsp3) is 0.308. The molecule has 1 amide bonds. The number of Topliss-reactive ketones (excluding diaryl/α,β-unsaturated/α-hetero) is 1. The summed E-state index contributed by atoms with van der Waals surface area (Å²) in [5, 5.41) is 0. The summed E-state index contributed by atoms with van der Waals surface area (Å²) in [5.74, 6) is -1.98. The molecule has 0 heterocycles. The largest absolute Gasteiger partial charge is 0.463 e. The van der Waals surface area contributed by atoms with Crippen LogP contribution in [0.2, 0.25) is 0 Å². The van der Waals surface area contributed by atoms with E-state index >= 15 is 0 Å². The van der Waals surface area contributed by atoms with Gasteiger partial charge in [0.1, 0.15) is 0 Å². The van der Waals surface area contributed by atoms with E-state index in [0.717, 1.165) is 12.8 Å². The molecule has 0 aromatic heterocycles. The first-order valence-electron chi connectivity index (χ1n) is 5.67. The van der Waals surface area contributed by atoms with Gasteiger partial charge in [0, 0.05) is 18.5 Å². The topological polar surface area (TPSA) is 112 Å². The molecule has 104 valence electrons. The van der Waals surface area contributed by atoms with Crippen LogP contribution in [0, 0.1) is 0 Å². The van der Waals surface area contributed by atoms with E-state index in [-0.39, 0.29) is 12.8 Å². The van der Waals surface area contributed by atoms with Crippen molar-refractivity contribution in [2.75, 3.05) is 12.8 Å². The first-order chi connectivity index (χ1) is 8.97. The van der Waals surface area contributed by atoms with E-state index in [1.165, 1.54) is 0 Å². The molecule has 19 heavy (non-hydrogen) atoms. The zero-order valence-electron chi connectivity index (χ0n) is 10.8. The van der Waals surface area contributed by atoms with Crippen molar-refractivity contribution in [3.8, 4) is 0 Å². The summed E-state index contributed by atoms with van der Waals surface area (Å²) in [5.41, 5.74) is 11.0. The number of amides is 1. The van der Waals surface area contributed by atoms with Gasteiger partial charge in [0.15, 0.2) is 0 Å². The number of primary amides is 1. The van der Waals surface area contributed by atoms with E-state index < -0.39 is 17.7 Å². The normalized spacial score (nSPS) is 8.89. The van der Waals surface area contributed by atoms with Crippen molar-refractivity contribution in [3.63, 3.8) is 0 Å². The van der Waals surface area contributed by atoms with Gasteiger partial charge in [-0.05, 0) is 18.6 Å². The second kappa shape index (κ2) is 9.64. The second-order valence-corrected chi connectivity index (χ2v) is 3.65. The van der Waals surface area contributed by atoms with E-state index in [4.69, 9.17) is 11.5 Å². The minimum absolute atomic E-state index is 0.00954. The molecule has 0 saturated carbocycles. The van der Waals surface area contributed by atoms with Gasteiger partial charge in [-0.15, -0.1) is 0 Å². The summed E-state index contributed by atoms with van der Waals surface area (Å²) < 4.78 is 4.16. The number of benzene rings is 1. The van der Waals surface area contributed by atoms with Crippen molar-refractivity contribution in [2.45, 2.75) is 19.3 Å². The van der Waals surface area contributed by atoms with Gasteiger partial charge < -0.3 is 16.2 Å². The van der Waals surface area contributed by atoms with Gasteiger partial charge in [0.2, 0.25) is 11.7 Å². The number of esters is 1. The lowest BCUT2D eigenvalue weighted by Gasteiger charge is -1.96. The third kappa shape index (κ3) is 9.34. The maximum absolute atomic E-state index is 10.7. The van der Waals surface area contributed by atoms with Crippen molar-refractivity contribution < 1.29 is 19.1 Å². The highest BCUT2D eigenvalue weighted by Gasteiger charge is 2.12. The second-order valence-electron chi connectivity index (χ2n) is 3.65. The zero-order chi connectivity index (χ0) is 14.7. The summed E-state index contributed by atoms with van der Waals surface area (Å²) in [6.45, 7) is 0. The number of carbonyl (C=O) groups is 3. The van der Waals surface area contributed by atoms with Crippen LogP contribution in [-0.4, -0.2) is 24.8 Å². The van der Waals surface area contributed by atoms with Gasteiger partial charge in [0.05, 0.1) is 7.11 Å². The quantitative estimate of drug-likeness (QED) is 0.461. The van der Waals surface area contributed by atoms with Crippen LogP contribution in [0.1, 0.15) is 19.3 Å². The first-order valence-corrected chi connectivity index (χ1v) is 5.67. The molecule has 0 bridgehead atoms. The fourth-order valence-corrected chi connectivity index (χ4v) is 1.09. The van der Waals surface area contributed by atoms with Crippen LogP contribution in [0.15, 0.2) is 30.3 Å². The number of hydrogen-bond donors (Lipinski definition) is 2. The zero-order valence-corrected chi connectivity index (χ0v) is 10.8. The average molecular weight is 266 g/mol. The summed E-state index contributed by atoms with van der Waals surface area (Å²) in [6.07, 6.45) is 0.418. The third-order valence-electron chi connectivity index (χ3n) is 2.04. The lowest BCUT2D eigenvalue weighted by Crippen LogP contribution is -2.16. The number of ether oxygens (including phenoxy) is 1. The van der Waals surface area contributed by atoms with E-state index in [1.54, 1.807) is 0 Å². The lowest BCUT2D eigenvalue weighted by atomic mass is 10.2. The Labute approximate surface area is 111 Å². The van der Waals surface area contributed by atoms with Crippen LogP contribution in [0.3, 0.4) is 0 Å². The maximum atomic E-state index is 10.7. The first kappa shape index (κ1) is 16.6. The Morgan fingerprint density at radius 1 is 1.11 bits per heavy atom. The van der Waals surface area contributed by atoms with Crippen LogP contribution in [0.25, 0.3) is 0 Å². The lowest BCUT2D eigenvalue weighted by molar-refractivity contribution is -0.151. The molecule has 0 saturated heterocycles. The molecule has 0 aliphatic carbocycles. The van der Waals surface area contributed by atoms with Gasteiger partial charge in [0.25, 0.3) is 0 Å². The predicted octanol–water partition coefficient (Wildman–Crippen LogP) is 0.653. The Morgan fingerprint density at radius 3 is 2.05 bits per heavy atom. The van der Waals surface area contributed by atoms with Crippen molar-refractivity contribution in [3.05, 3.63) is 30.3 Å².